The molecule has 5 nitrogen and oxygen atoms in total. The molecule has 6 heteroatoms. The van der Waals surface area contributed by atoms with E-state index in [0.29, 0.717) is 5.11 Å². The minimum absolute atomic E-state index is 0.518. The second kappa shape index (κ2) is 9.14. The largest absolute Gasteiger partial charge is 0.497 e. The molecule has 0 unspecified atom stereocenters. The average molecular weight is 295 g/mol. The molecule has 20 heavy (non-hydrogen) atoms. The van der Waals surface area contributed by atoms with Crippen molar-refractivity contribution in [3.8, 4) is 11.5 Å². The number of hydrogen-bond donors (Lipinski definition) is 2. The van der Waals surface area contributed by atoms with Crippen LogP contribution in [-0.2, 0) is 0 Å². The van der Waals surface area contributed by atoms with Crippen molar-refractivity contribution in [2.45, 2.75) is 19.8 Å². The van der Waals surface area contributed by atoms with Crippen LogP contribution in [0.2, 0.25) is 0 Å². The number of ether oxygens (including phenoxy) is 2. The summed E-state index contributed by atoms with van der Waals surface area (Å²) in [6.07, 6.45) is 3.87. The van der Waals surface area contributed by atoms with Crippen LogP contribution in [0.3, 0.4) is 0 Å². The molecule has 0 radical (unpaired) electrons. The maximum Gasteiger partial charge on any atom is 0.186 e. The van der Waals surface area contributed by atoms with E-state index in [1.807, 2.05) is 18.2 Å². The van der Waals surface area contributed by atoms with E-state index in [1.54, 1.807) is 20.4 Å². The van der Waals surface area contributed by atoms with E-state index in [0.717, 1.165) is 36.4 Å². The van der Waals surface area contributed by atoms with Crippen molar-refractivity contribution >= 4 is 23.5 Å². The van der Waals surface area contributed by atoms with Crippen LogP contribution in [-0.4, -0.2) is 32.1 Å². The summed E-state index contributed by atoms with van der Waals surface area (Å²) < 4.78 is 10.4. The highest BCUT2D eigenvalue weighted by atomic mass is 32.1. The minimum atomic E-state index is 0.518. The van der Waals surface area contributed by atoms with Gasteiger partial charge in [-0.2, -0.15) is 5.10 Å². The van der Waals surface area contributed by atoms with Crippen LogP contribution in [0.25, 0.3) is 0 Å². The van der Waals surface area contributed by atoms with Gasteiger partial charge in [0.15, 0.2) is 5.11 Å². The summed E-state index contributed by atoms with van der Waals surface area (Å²) in [6.45, 7) is 2.98. The lowest BCUT2D eigenvalue weighted by atomic mass is 10.2. The summed E-state index contributed by atoms with van der Waals surface area (Å²) in [4.78, 5) is 0. The number of benzene rings is 1. The zero-order valence-corrected chi connectivity index (χ0v) is 12.9. The topological polar surface area (TPSA) is 54.9 Å². The first-order chi connectivity index (χ1) is 9.69. The van der Waals surface area contributed by atoms with Gasteiger partial charge in [0.2, 0.25) is 0 Å². The van der Waals surface area contributed by atoms with E-state index < -0.39 is 0 Å². The predicted molar refractivity (Wildman–Crippen MR) is 85.8 cm³/mol. The molecule has 0 aliphatic heterocycles. The molecule has 0 aromatic heterocycles. The van der Waals surface area contributed by atoms with E-state index in [9.17, 15) is 0 Å². The monoisotopic (exact) mass is 295 g/mol. The summed E-state index contributed by atoms with van der Waals surface area (Å²) >= 11 is 5.09. The third-order valence-electron chi connectivity index (χ3n) is 2.57. The van der Waals surface area contributed by atoms with E-state index >= 15 is 0 Å². The number of hydrazone groups is 1. The molecule has 0 saturated heterocycles. The van der Waals surface area contributed by atoms with E-state index in [2.05, 4.69) is 22.8 Å². The van der Waals surface area contributed by atoms with Gasteiger partial charge in [0.05, 0.1) is 20.4 Å². The molecule has 1 rings (SSSR count). The molecule has 0 bridgehead atoms. The SMILES string of the molecule is CCCCNC(=S)NN=Cc1cc(OC)cc(OC)c1. The van der Waals surface area contributed by atoms with Crippen LogP contribution in [0.1, 0.15) is 25.3 Å². The highest BCUT2D eigenvalue weighted by Crippen LogP contribution is 2.21. The number of thiocarbonyl (C=S) groups is 1. The maximum atomic E-state index is 5.19. The van der Waals surface area contributed by atoms with Gasteiger partial charge in [-0.3, -0.25) is 5.43 Å². The Balaban J connectivity index is 2.54. The van der Waals surface area contributed by atoms with Crippen molar-refractivity contribution in [1.82, 2.24) is 10.7 Å². The van der Waals surface area contributed by atoms with Crippen LogP contribution in [0.4, 0.5) is 0 Å². The molecule has 0 aliphatic rings. The van der Waals surface area contributed by atoms with Gasteiger partial charge < -0.3 is 14.8 Å². The average Bonchev–Trinajstić information content (AvgIpc) is 2.47. The van der Waals surface area contributed by atoms with Crippen LogP contribution in [0.15, 0.2) is 23.3 Å². The Hall–Kier alpha value is -1.82. The van der Waals surface area contributed by atoms with E-state index in [-0.39, 0.29) is 0 Å². The first-order valence-electron chi connectivity index (χ1n) is 6.49. The molecule has 0 spiro atoms. The Bertz CT molecular complexity index is 441. The van der Waals surface area contributed by atoms with Crippen molar-refractivity contribution in [3.05, 3.63) is 23.8 Å². The Morgan fingerprint density at radius 1 is 1.25 bits per heavy atom. The van der Waals surface area contributed by atoms with Gasteiger partial charge in [-0.25, -0.2) is 0 Å². The highest BCUT2D eigenvalue weighted by molar-refractivity contribution is 7.80. The Labute approximate surface area is 125 Å². The zero-order chi connectivity index (χ0) is 14.8. The highest BCUT2D eigenvalue weighted by Gasteiger charge is 1.99. The molecule has 2 N–H and O–H groups in total. The second-order valence-corrected chi connectivity index (χ2v) is 4.53. The van der Waals surface area contributed by atoms with Gasteiger partial charge >= 0.3 is 0 Å². The van der Waals surface area contributed by atoms with Crippen molar-refractivity contribution in [2.24, 2.45) is 5.10 Å². The zero-order valence-electron chi connectivity index (χ0n) is 12.1. The molecular weight excluding hydrogens is 274 g/mol. The Morgan fingerprint density at radius 2 is 1.90 bits per heavy atom. The lowest BCUT2D eigenvalue weighted by molar-refractivity contribution is 0.394. The minimum Gasteiger partial charge on any atom is -0.497 e. The molecule has 0 atom stereocenters. The van der Waals surface area contributed by atoms with Crippen LogP contribution < -0.4 is 20.2 Å². The summed E-state index contributed by atoms with van der Waals surface area (Å²) in [6, 6.07) is 5.53. The Morgan fingerprint density at radius 3 is 2.45 bits per heavy atom. The van der Waals surface area contributed by atoms with Crippen molar-refractivity contribution in [2.75, 3.05) is 20.8 Å². The number of methoxy groups -OCH3 is 2. The van der Waals surface area contributed by atoms with Gasteiger partial charge in [0, 0.05) is 18.2 Å². The second-order valence-electron chi connectivity index (χ2n) is 4.13. The lowest BCUT2D eigenvalue weighted by Gasteiger charge is -2.07. The van der Waals surface area contributed by atoms with Gasteiger partial charge in [-0.1, -0.05) is 13.3 Å². The summed E-state index contributed by atoms with van der Waals surface area (Å²) in [5, 5.41) is 7.67. The van der Waals surface area contributed by atoms with Gasteiger partial charge in [-0.15, -0.1) is 0 Å². The van der Waals surface area contributed by atoms with E-state index in [1.165, 1.54) is 0 Å². The fourth-order valence-corrected chi connectivity index (χ4v) is 1.64. The molecule has 0 saturated carbocycles. The van der Waals surface area contributed by atoms with Gasteiger partial charge in [-0.05, 0) is 30.8 Å². The molecule has 0 heterocycles. The lowest BCUT2D eigenvalue weighted by Crippen LogP contribution is -2.32. The van der Waals surface area contributed by atoms with Gasteiger partial charge in [0.25, 0.3) is 0 Å². The first-order valence-corrected chi connectivity index (χ1v) is 6.90. The number of hydrogen-bond acceptors (Lipinski definition) is 4. The van der Waals surface area contributed by atoms with E-state index in [4.69, 9.17) is 21.7 Å². The quantitative estimate of drug-likeness (QED) is 0.350. The number of nitrogens with one attached hydrogen (secondary N) is 2. The van der Waals surface area contributed by atoms with Gasteiger partial charge in [0.1, 0.15) is 11.5 Å². The van der Waals surface area contributed by atoms with Crippen molar-refractivity contribution in [3.63, 3.8) is 0 Å². The third kappa shape index (κ3) is 5.88. The fourth-order valence-electron chi connectivity index (χ4n) is 1.49. The summed E-state index contributed by atoms with van der Waals surface area (Å²) in [7, 11) is 3.22. The first kappa shape index (κ1) is 16.2. The maximum absolute atomic E-state index is 5.19. The molecule has 1 aromatic rings. The number of rotatable bonds is 7. The van der Waals surface area contributed by atoms with Crippen molar-refractivity contribution in [1.29, 1.82) is 0 Å². The molecule has 110 valence electrons. The Kier molecular flexibility index (Phi) is 7.42. The number of nitrogens with zero attached hydrogens (tertiary/aromatic N) is 1. The normalized spacial score (nSPS) is 10.3. The molecule has 0 fully saturated rings. The molecular formula is C14H21N3O2S. The number of unbranched alkanes of at least 4 members (excludes halogenated alkanes) is 1. The molecule has 1 aromatic carbocycles. The van der Waals surface area contributed by atoms with Crippen LogP contribution in [0, 0.1) is 0 Å². The smallest absolute Gasteiger partial charge is 0.186 e. The molecule has 0 amide bonds. The third-order valence-corrected chi connectivity index (χ3v) is 2.81. The van der Waals surface area contributed by atoms with Crippen LogP contribution >= 0.6 is 12.2 Å². The standard InChI is InChI=1S/C14H21N3O2S/c1-4-5-6-15-14(20)17-16-10-11-7-12(18-2)9-13(8-11)19-3/h7-10H,4-6H2,1-3H3,(H2,15,17,20). The fraction of sp³-hybridized carbons (Fsp3) is 0.429. The predicted octanol–water partition coefficient (Wildman–Crippen LogP) is 2.30. The summed E-state index contributed by atoms with van der Waals surface area (Å²) in [5.41, 5.74) is 3.64. The van der Waals surface area contributed by atoms with Crippen LogP contribution in [0.5, 0.6) is 11.5 Å². The summed E-state index contributed by atoms with van der Waals surface area (Å²) in [5.74, 6) is 1.43. The van der Waals surface area contributed by atoms with Crippen molar-refractivity contribution < 1.29 is 9.47 Å². The molecule has 0 aliphatic carbocycles.